The summed E-state index contributed by atoms with van der Waals surface area (Å²) >= 11 is 0. The standard InChI is InChI=1S/C18H12.H3P/c1-3-7-15-13(5-1)9-11-18-16-8-4-2-6-14(16)10-12-17(15)18;/h1-12H;1H3. The van der Waals surface area contributed by atoms with E-state index < -0.39 is 0 Å². The predicted molar refractivity (Wildman–Crippen MR) is 90.1 cm³/mol. The molecule has 0 spiro atoms. The van der Waals surface area contributed by atoms with Crippen LogP contribution in [-0.4, -0.2) is 0 Å². The first-order valence-electron chi connectivity index (χ1n) is 6.23. The zero-order valence-electron chi connectivity index (χ0n) is 10.6. The predicted octanol–water partition coefficient (Wildman–Crippen LogP) is 5.20. The molecular weight excluding hydrogens is 247 g/mol. The molecule has 4 aromatic carbocycles. The molecule has 0 amide bonds. The molecule has 0 fully saturated rings. The number of hydrogen-bond donors (Lipinski definition) is 0. The third-order valence-electron chi connectivity index (χ3n) is 3.65. The van der Waals surface area contributed by atoms with Gasteiger partial charge in [-0.2, -0.15) is 9.90 Å². The largest absolute Gasteiger partial charge is 0.153 e. The first-order chi connectivity index (χ1) is 8.93. The van der Waals surface area contributed by atoms with E-state index in [1.165, 1.54) is 32.3 Å². The highest BCUT2D eigenvalue weighted by atomic mass is 31.0. The minimum atomic E-state index is 0. The zero-order valence-corrected chi connectivity index (χ0v) is 12.0. The molecule has 0 heterocycles. The maximum Gasteiger partial charge on any atom is -0.00990 e. The van der Waals surface area contributed by atoms with Gasteiger partial charge in [-0.25, -0.2) is 0 Å². The van der Waals surface area contributed by atoms with Gasteiger partial charge in [-0.05, 0) is 32.3 Å². The molecule has 0 aromatic heterocycles. The lowest BCUT2D eigenvalue weighted by Gasteiger charge is -2.07. The van der Waals surface area contributed by atoms with Crippen LogP contribution in [0.15, 0.2) is 72.8 Å². The van der Waals surface area contributed by atoms with E-state index >= 15 is 0 Å². The highest BCUT2D eigenvalue weighted by Crippen LogP contribution is 2.30. The average molecular weight is 262 g/mol. The van der Waals surface area contributed by atoms with Gasteiger partial charge in [0.25, 0.3) is 0 Å². The summed E-state index contributed by atoms with van der Waals surface area (Å²) in [5, 5.41) is 7.96. The van der Waals surface area contributed by atoms with Gasteiger partial charge in [0.2, 0.25) is 0 Å². The molecule has 1 heteroatoms. The van der Waals surface area contributed by atoms with Gasteiger partial charge in [-0.15, -0.1) is 0 Å². The highest BCUT2D eigenvalue weighted by molar-refractivity contribution is 6.92. The Morgan fingerprint density at radius 1 is 0.368 bits per heavy atom. The van der Waals surface area contributed by atoms with Crippen LogP contribution in [0.5, 0.6) is 0 Å². The number of benzene rings is 4. The van der Waals surface area contributed by atoms with Crippen molar-refractivity contribution in [2.24, 2.45) is 0 Å². The summed E-state index contributed by atoms with van der Waals surface area (Å²) in [6, 6.07) is 26.0. The molecular formula is C18H15P. The van der Waals surface area contributed by atoms with Gasteiger partial charge in [-0.3, -0.25) is 0 Å². The van der Waals surface area contributed by atoms with Gasteiger partial charge in [0.05, 0.1) is 0 Å². The first kappa shape index (κ1) is 12.1. The Labute approximate surface area is 115 Å². The molecule has 0 aliphatic carbocycles. The average Bonchev–Trinajstić information content (AvgIpc) is 2.46. The molecule has 0 aliphatic heterocycles. The van der Waals surface area contributed by atoms with Crippen molar-refractivity contribution in [2.75, 3.05) is 0 Å². The van der Waals surface area contributed by atoms with Crippen LogP contribution in [0.25, 0.3) is 32.3 Å². The normalized spacial score (nSPS) is 10.7. The Kier molecular flexibility index (Phi) is 2.97. The zero-order chi connectivity index (χ0) is 11.9. The summed E-state index contributed by atoms with van der Waals surface area (Å²) in [6.45, 7) is 0. The monoisotopic (exact) mass is 262 g/mol. The van der Waals surface area contributed by atoms with Gasteiger partial charge >= 0.3 is 0 Å². The lowest BCUT2D eigenvalue weighted by Crippen LogP contribution is -1.79. The van der Waals surface area contributed by atoms with Gasteiger partial charge in [0, 0.05) is 0 Å². The summed E-state index contributed by atoms with van der Waals surface area (Å²) in [6.07, 6.45) is 0. The van der Waals surface area contributed by atoms with Crippen LogP contribution in [0.1, 0.15) is 0 Å². The third-order valence-corrected chi connectivity index (χ3v) is 3.65. The van der Waals surface area contributed by atoms with Gasteiger partial charge < -0.3 is 0 Å². The molecule has 0 saturated heterocycles. The first-order valence-corrected chi connectivity index (χ1v) is 6.23. The second kappa shape index (κ2) is 4.64. The molecule has 0 radical (unpaired) electrons. The van der Waals surface area contributed by atoms with Crippen molar-refractivity contribution in [1.82, 2.24) is 0 Å². The number of fused-ring (bicyclic) bond motifs is 5. The lowest BCUT2D eigenvalue weighted by atomic mass is 9.97. The van der Waals surface area contributed by atoms with Crippen molar-refractivity contribution < 1.29 is 0 Å². The Morgan fingerprint density at radius 3 is 1.26 bits per heavy atom. The van der Waals surface area contributed by atoms with Crippen LogP contribution in [0.3, 0.4) is 0 Å². The van der Waals surface area contributed by atoms with Crippen LogP contribution in [0.4, 0.5) is 0 Å². The summed E-state index contributed by atoms with van der Waals surface area (Å²) in [5.41, 5.74) is 0. The van der Waals surface area contributed by atoms with Gasteiger partial charge in [-0.1, -0.05) is 72.8 Å². The number of rotatable bonds is 0. The van der Waals surface area contributed by atoms with Crippen LogP contribution in [-0.2, 0) is 0 Å². The van der Waals surface area contributed by atoms with E-state index in [0.29, 0.717) is 0 Å². The SMILES string of the molecule is P.c1ccc2c(c1)ccc1c3ccccc3ccc21. The highest BCUT2D eigenvalue weighted by Gasteiger charge is 2.03. The fourth-order valence-corrected chi connectivity index (χ4v) is 2.77. The number of hydrogen-bond acceptors (Lipinski definition) is 0. The van der Waals surface area contributed by atoms with Crippen molar-refractivity contribution in [3.63, 3.8) is 0 Å². The van der Waals surface area contributed by atoms with E-state index in [1.807, 2.05) is 0 Å². The summed E-state index contributed by atoms with van der Waals surface area (Å²) in [5.74, 6) is 0. The molecule has 4 rings (SSSR count). The van der Waals surface area contributed by atoms with E-state index in [4.69, 9.17) is 0 Å². The van der Waals surface area contributed by atoms with Crippen LogP contribution in [0.2, 0.25) is 0 Å². The second-order valence-electron chi connectivity index (χ2n) is 4.67. The fraction of sp³-hybridized carbons (Fsp3) is 0. The maximum atomic E-state index is 2.24. The lowest BCUT2D eigenvalue weighted by molar-refractivity contribution is 1.77. The molecule has 4 aromatic rings. The molecule has 0 bridgehead atoms. The quantitative estimate of drug-likeness (QED) is 0.301. The van der Waals surface area contributed by atoms with Crippen LogP contribution in [0, 0.1) is 0 Å². The van der Waals surface area contributed by atoms with Crippen molar-refractivity contribution in [3.8, 4) is 0 Å². The maximum absolute atomic E-state index is 2.24. The van der Waals surface area contributed by atoms with E-state index in [2.05, 4.69) is 72.8 Å². The Bertz CT molecular complexity index is 803. The van der Waals surface area contributed by atoms with Crippen LogP contribution < -0.4 is 0 Å². The van der Waals surface area contributed by atoms with Crippen molar-refractivity contribution in [2.45, 2.75) is 0 Å². The molecule has 0 N–H and O–H groups in total. The second-order valence-corrected chi connectivity index (χ2v) is 4.67. The van der Waals surface area contributed by atoms with Crippen molar-refractivity contribution in [3.05, 3.63) is 72.8 Å². The molecule has 0 nitrogen and oxygen atoms in total. The molecule has 0 saturated carbocycles. The Balaban J connectivity index is 0.00000110. The molecule has 1 atom stereocenters. The summed E-state index contributed by atoms with van der Waals surface area (Å²) in [7, 11) is 0. The van der Waals surface area contributed by atoms with E-state index in [0.717, 1.165) is 0 Å². The van der Waals surface area contributed by atoms with Gasteiger partial charge in [0.15, 0.2) is 0 Å². The van der Waals surface area contributed by atoms with Crippen molar-refractivity contribution in [1.29, 1.82) is 0 Å². The fourth-order valence-electron chi connectivity index (χ4n) is 2.77. The Morgan fingerprint density at radius 2 is 0.789 bits per heavy atom. The molecule has 19 heavy (non-hydrogen) atoms. The summed E-state index contributed by atoms with van der Waals surface area (Å²) < 4.78 is 0. The topological polar surface area (TPSA) is 0 Å². The van der Waals surface area contributed by atoms with Crippen molar-refractivity contribution >= 4 is 42.2 Å². The Hall–Kier alpha value is -1.91. The van der Waals surface area contributed by atoms with Crippen LogP contribution >= 0.6 is 9.90 Å². The van der Waals surface area contributed by atoms with Gasteiger partial charge in [0.1, 0.15) is 0 Å². The molecule has 0 aliphatic rings. The smallest absolute Gasteiger partial charge is 0.00990 e. The third kappa shape index (κ3) is 1.80. The minimum Gasteiger partial charge on any atom is -0.153 e. The molecule has 92 valence electrons. The van der Waals surface area contributed by atoms with E-state index in [1.54, 1.807) is 0 Å². The summed E-state index contributed by atoms with van der Waals surface area (Å²) in [4.78, 5) is 0. The van der Waals surface area contributed by atoms with E-state index in [-0.39, 0.29) is 9.90 Å². The van der Waals surface area contributed by atoms with E-state index in [9.17, 15) is 0 Å². The molecule has 1 unspecified atom stereocenters. The minimum absolute atomic E-state index is 0.